The van der Waals surface area contributed by atoms with Crippen LogP contribution in [0, 0.1) is 0 Å². The Morgan fingerprint density at radius 1 is 0.840 bits per heavy atom. The number of tetrazole rings is 2. The van der Waals surface area contributed by atoms with Gasteiger partial charge in [0.2, 0.25) is 0 Å². The molecule has 0 spiro atoms. The van der Waals surface area contributed by atoms with Crippen LogP contribution in [0.1, 0.15) is 56.3 Å². The van der Waals surface area contributed by atoms with Crippen molar-refractivity contribution in [1.82, 2.24) is 50.2 Å². The SMILES string of the molecule is CC1CN(Cc2nnnn2C2CC2)CCN1Cc1nnnn1C1CC1. The minimum Gasteiger partial charge on any atom is -0.293 e. The molecule has 1 saturated heterocycles. The Morgan fingerprint density at radius 2 is 1.44 bits per heavy atom. The van der Waals surface area contributed by atoms with Crippen LogP contribution in [0.25, 0.3) is 0 Å². The second-order valence-electron chi connectivity index (χ2n) is 7.60. The first-order valence-electron chi connectivity index (χ1n) is 9.28. The molecule has 0 bridgehead atoms. The number of piperazine rings is 1. The highest BCUT2D eigenvalue weighted by Gasteiger charge is 2.32. The van der Waals surface area contributed by atoms with Gasteiger partial charge in [-0.25, -0.2) is 9.36 Å². The van der Waals surface area contributed by atoms with Crippen LogP contribution in [0.3, 0.4) is 0 Å². The van der Waals surface area contributed by atoms with Crippen LogP contribution in [0.15, 0.2) is 0 Å². The molecule has 2 aliphatic carbocycles. The van der Waals surface area contributed by atoms with E-state index in [0.29, 0.717) is 18.1 Å². The average Bonchev–Trinajstić information content (AvgIpc) is 3.54. The monoisotopic (exact) mass is 344 g/mol. The van der Waals surface area contributed by atoms with Crippen LogP contribution in [-0.2, 0) is 13.1 Å². The van der Waals surface area contributed by atoms with Gasteiger partial charge in [-0.05, 0) is 53.5 Å². The summed E-state index contributed by atoms with van der Waals surface area (Å²) in [6.07, 6.45) is 4.82. The fourth-order valence-electron chi connectivity index (χ4n) is 3.67. The first-order valence-corrected chi connectivity index (χ1v) is 9.28. The van der Waals surface area contributed by atoms with E-state index < -0.39 is 0 Å². The summed E-state index contributed by atoms with van der Waals surface area (Å²) in [7, 11) is 0. The van der Waals surface area contributed by atoms with Crippen molar-refractivity contribution >= 4 is 0 Å². The Labute approximate surface area is 146 Å². The molecule has 10 heteroatoms. The molecule has 3 aliphatic rings. The summed E-state index contributed by atoms with van der Waals surface area (Å²) in [6.45, 7) is 7.00. The molecule has 1 unspecified atom stereocenters. The molecule has 0 amide bonds. The smallest absolute Gasteiger partial charge is 0.165 e. The molecule has 3 fully saturated rings. The van der Waals surface area contributed by atoms with E-state index in [1.54, 1.807) is 0 Å². The van der Waals surface area contributed by atoms with Gasteiger partial charge in [0.1, 0.15) is 0 Å². The van der Waals surface area contributed by atoms with Gasteiger partial charge in [0, 0.05) is 25.7 Å². The maximum absolute atomic E-state index is 4.24. The molecule has 3 heterocycles. The van der Waals surface area contributed by atoms with Crippen LogP contribution in [0.4, 0.5) is 0 Å². The third-order valence-electron chi connectivity index (χ3n) is 5.47. The Morgan fingerprint density at radius 3 is 2.00 bits per heavy atom. The number of hydrogen-bond donors (Lipinski definition) is 0. The van der Waals surface area contributed by atoms with Crippen molar-refractivity contribution in [3.05, 3.63) is 11.6 Å². The molecule has 1 aliphatic heterocycles. The molecule has 5 rings (SSSR count). The molecular formula is C15H24N10. The molecule has 10 nitrogen and oxygen atoms in total. The van der Waals surface area contributed by atoms with Crippen molar-refractivity contribution < 1.29 is 0 Å². The molecule has 25 heavy (non-hydrogen) atoms. The zero-order valence-corrected chi connectivity index (χ0v) is 14.6. The Balaban J connectivity index is 1.20. The lowest BCUT2D eigenvalue weighted by Crippen LogP contribution is -2.51. The van der Waals surface area contributed by atoms with Crippen LogP contribution >= 0.6 is 0 Å². The molecule has 0 N–H and O–H groups in total. The van der Waals surface area contributed by atoms with Crippen LogP contribution in [0.2, 0.25) is 0 Å². The summed E-state index contributed by atoms with van der Waals surface area (Å²) in [4.78, 5) is 4.93. The summed E-state index contributed by atoms with van der Waals surface area (Å²) in [5.74, 6) is 2.00. The first-order chi connectivity index (χ1) is 12.3. The van der Waals surface area contributed by atoms with Gasteiger partial charge < -0.3 is 0 Å². The van der Waals surface area contributed by atoms with Crippen LogP contribution in [0.5, 0.6) is 0 Å². The highest BCUT2D eigenvalue weighted by molar-refractivity contribution is 4.94. The standard InChI is InChI=1S/C15H24N10/c1-11-8-22(9-14-16-18-20-24(14)12-2-3-12)6-7-23(11)10-15-17-19-21-25(15)13-4-5-13/h11-13H,2-10H2,1H3. The first kappa shape index (κ1) is 15.3. The summed E-state index contributed by atoms with van der Waals surface area (Å²) >= 11 is 0. The second-order valence-corrected chi connectivity index (χ2v) is 7.60. The van der Waals surface area contributed by atoms with E-state index in [1.807, 2.05) is 9.36 Å². The molecule has 134 valence electrons. The quantitative estimate of drug-likeness (QED) is 0.725. The predicted octanol–water partition coefficient (Wildman–Crippen LogP) is 0.0357. The van der Waals surface area contributed by atoms with E-state index >= 15 is 0 Å². The topological polar surface area (TPSA) is 93.7 Å². The third-order valence-corrected chi connectivity index (χ3v) is 5.47. The van der Waals surface area contributed by atoms with Crippen molar-refractivity contribution in [2.24, 2.45) is 0 Å². The van der Waals surface area contributed by atoms with E-state index in [0.717, 1.165) is 44.4 Å². The summed E-state index contributed by atoms with van der Waals surface area (Å²) in [5, 5.41) is 24.5. The van der Waals surface area contributed by atoms with Gasteiger partial charge >= 0.3 is 0 Å². The largest absolute Gasteiger partial charge is 0.293 e. The van der Waals surface area contributed by atoms with Crippen molar-refractivity contribution in [1.29, 1.82) is 0 Å². The van der Waals surface area contributed by atoms with E-state index in [4.69, 9.17) is 0 Å². The van der Waals surface area contributed by atoms with Gasteiger partial charge in [0.05, 0.1) is 25.2 Å². The maximum Gasteiger partial charge on any atom is 0.165 e. The van der Waals surface area contributed by atoms with Crippen molar-refractivity contribution in [3.8, 4) is 0 Å². The van der Waals surface area contributed by atoms with Gasteiger partial charge in [0.25, 0.3) is 0 Å². The van der Waals surface area contributed by atoms with Crippen molar-refractivity contribution in [2.75, 3.05) is 19.6 Å². The third kappa shape index (κ3) is 3.15. The molecule has 2 saturated carbocycles. The minimum atomic E-state index is 0.461. The predicted molar refractivity (Wildman–Crippen MR) is 87.3 cm³/mol. The zero-order valence-electron chi connectivity index (χ0n) is 14.6. The number of rotatable bonds is 6. The highest BCUT2D eigenvalue weighted by atomic mass is 15.6. The van der Waals surface area contributed by atoms with E-state index in [2.05, 4.69) is 47.8 Å². The fourth-order valence-corrected chi connectivity index (χ4v) is 3.67. The molecule has 2 aromatic rings. The molecule has 0 radical (unpaired) electrons. The lowest BCUT2D eigenvalue weighted by Gasteiger charge is -2.39. The van der Waals surface area contributed by atoms with Crippen molar-refractivity contribution in [2.45, 2.75) is 63.8 Å². The maximum atomic E-state index is 4.24. The number of nitrogens with zero attached hydrogens (tertiary/aromatic N) is 10. The van der Waals surface area contributed by atoms with Gasteiger partial charge in [-0.3, -0.25) is 9.80 Å². The lowest BCUT2D eigenvalue weighted by molar-refractivity contribution is 0.0678. The number of aromatic nitrogens is 8. The number of hydrogen-bond acceptors (Lipinski definition) is 8. The van der Waals surface area contributed by atoms with E-state index in [1.165, 1.54) is 25.7 Å². The van der Waals surface area contributed by atoms with E-state index in [-0.39, 0.29) is 0 Å². The second kappa shape index (κ2) is 6.10. The summed E-state index contributed by atoms with van der Waals surface area (Å²) in [5.41, 5.74) is 0. The van der Waals surface area contributed by atoms with Gasteiger partial charge in [-0.1, -0.05) is 0 Å². The van der Waals surface area contributed by atoms with Gasteiger partial charge in [-0.2, -0.15) is 0 Å². The van der Waals surface area contributed by atoms with E-state index in [9.17, 15) is 0 Å². The molecule has 1 atom stereocenters. The average molecular weight is 344 g/mol. The Bertz CT molecular complexity index is 730. The Hall–Kier alpha value is -1.94. The minimum absolute atomic E-state index is 0.461. The fraction of sp³-hybridized carbons (Fsp3) is 0.867. The van der Waals surface area contributed by atoms with Crippen LogP contribution in [-0.4, -0.2) is 75.9 Å². The summed E-state index contributed by atoms with van der Waals surface area (Å²) < 4.78 is 4.03. The van der Waals surface area contributed by atoms with Gasteiger partial charge in [0.15, 0.2) is 11.6 Å². The van der Waals surface area contributed by atoms with Crippen LogP contribution < -0.4 is 0 Å². The molecule has 0 aromatic carbocycles. The van der Waals surface area contributed by atoms with Gasteiger partial charge in [-0.15, -0.1) is 10.2 Å². The lowest BCUT2D eigenvalue weighted by atomic mass is 10.2. The molecular weight excluding hydrogens is 320 g/mol. The van der Waals surface area contributed by atoms with Crippen molar-refractivity contribution in [3.63, 3.8) is 0 Å². The highest BCUT2D eigenvalue weighted by Crippen LogP contribution is 2.35. The summed E-state index contributed by atoms with van der Waals surface area (Å²) in [6, 6.07) is 1.52. The normalized spacial score (nSPS) is 25.6. The zero-order chi connectivity index (χ0) is 16.8. The molecule has 2 aromatic heterocycles. The Kier molecular flexibility index (Phi) is 3.74.